The summed E-state index contributed by atoms with van der Waals surface area (Å²) in [6.45, 7) is 9.98. The van der Waals surface area contributed by atoms with Gasteiger partial charge in [-0.3, -0.25) is 4.79 Å². The minimum absolute atomic E-state index is 0.0102. The minimum Gasteiger partial charge on any atom is -0.444 e. The molecule has 0 saturated heterocycles. The largest absolute Gasteiger partial charge is 0.444 e. The van der Waals surface area contributed by atoms with Crippen LogP contribution in [-0.2, 0) is 16.1 Å². The number of carbonyl (C=O) groups is 2. The van der Waals surface area contributed by atoms with E-state index in [1.54, 1.807) is 32.7 Å². The predicted molar refractivity (Wildman–Crippen MR) is 85.9 cm³/mol. The molecule has 23 heavy (non-hydrogen) atoms. The van der Waals surface area contributed by atoms with Crippen LogP contribution in [0, 0.1) is 13.8 Å². The molecule has 1 N–H and O–H groups in total. The Balaban J connectivity index is 2.30. The molecular formula is C16H27N3O4. The highest BCUT2D eigenvalue weighted by atomic mass is 16.6. The van der Waals surface area contributed by atoms with Crippen LogP contribution >= 0.6 is 0 Å². The molecule has 1 rings (SSSR count). The molecule has 0 saturated carbocycles. The van der Waals surface area contributed by atoms with Gasteiger partial charge in [-0.05, 0) is 41.0 Å². The van der Waals surface area contributed by atoms with Crippen molar-refractivity contribution in [3.8, 4) is 0 Å². The molecular weight excluding hydrogens is 298 g/mol. The predicted octanol–water partition coefficient (Wildman–Crippen LogP) is 2.55. The molecule has 7 nitrogen and oxygen atoms in total. The van der Waals surface area contributed by atoms with E-state index in [1.165, 1.54) is 0 Å². The Morgan fingerprint density at radius 3 is 2.48 bits per heavy atom. The van der Waals surface area contributed by atoms with Gasteiger partial charge in [0.1, 0.15) is 11.4 Å². The summed E-state index contributed by atoms with van der Waals surface area (Å²) in [4.78, 5) is 25.2. The van der Waals surface area contributed by atoms with E-state index in [0.717, 1.165) is 17.0 Å². The summed E-state index contributed by atoms with van der Waals surface area (Å²) in [5.74, 6) is 0.740. The van der Waals surface area contributed by atoms with E-state index in [2.05, 4.69) is 10.5 Å². The van der Waals surface area contributed by atoms with Gasteiger partial charge in [-0.2, -0.15) is 0 Å². The van der Waals surface area contributed by atoms with Crippen LogP contribution in [0.15, 0.2) is 4.52 Å². The van der Waals surface area contributed by atoms with Crippen molar-refractivity contribution < 1.29 is 18.8 Å². The van der Waals surface area contributed by atoms with E-state index in [-0.39, 0.29) is 5.91 Å². The average Bonchev–Trinajstić information content (AvgIpc) is 2.73. The maximum absolute atomic E-state index is 12.1. The fourth-order valence-corrected chi connectivity index (χ4v) is 1.99. The van der Waals surface area contributed by atoms with Gasteiger partial charge in [0.2, 0.25) is 5.91 Å². The van der Waals surface area contributed by atoms with Crippen molar-refractivity contribution in [2.45, 2.75) is 59.6 Å². The molecule has 0 aliphatic heterocycles. The summed E-state index contributed by atoms with van der Waals surface area (Å²) in [5.41, 5.74) is 1.22. The quantitative estimate of drug-likeness (QED) is 0.813. The number of aromatic nitrogens is 1. The van der Waals surface area contributed by atoms with Crippen molar-refractivity contribution in [3.63, 3.8) is 0 Å². The number of hydrogen-bond donors (Lipinski definition) is 1. The van der Waals surface area contributed by atoms with Crippen LogP contribution in [0.3, 0.4) is 0 Å². The number of aryl methyl sites for hydroxylation is 2. The first-order valence-corrected chi connectivity index (χ1v) is 7.72. The second kappa shape index (κ2) is 7.99. The lowest BCUT2D eigenvalue weighted by molar-refractivity contribution is -0.130. The van der Waals surface area contributed by atoms with Crippen molar-refractivity contribution in [3.05, 3.63) is 17.0 Å². The van der Waals surface area contributed by atoms with Gasteiger partial charge in [0.15, 0.2) is 0 Å². The molecule has 130 valence electrons. The number of ether oxygens (including phenoxy) is 1. The number of nitrogens with one attached hydrogen (secondary N) is 1. The van der Waals surface area contributed by atoms with Crippen molar-refractivity contribution in [2.75, 3.05) is 13.6 Å². The van der Waals surface area contributed by atoms with Crippen molar-refractivity contribution in [1.82, 2.24) is 15.4 Å². The number of amides is 2. The highest BCUT2D eigenvalue weighted by Crippen LogP contribution is 2.14. The van der Waals surface area contributed by atoms with Gasteiger partial charge in [0.05, 0.1) is 12.2 Å². The highest BCUT2D eigenvalue weighted by Gasteiger charge is 2.17. The summed E-state index contributed by atoms with van der Waals surface area (Å²) in [5, 5.41) is 6.52. The minimum atomic E-state index is -0.519. The summed E-state index contributed by atoms with van der Waals surface area (Å²) in [6, 6.07) is 0. The zero-order valence-electron chi connectivity index (χ0n) is 14.9. The lowest BCUT2D eigenvalue weighted by Crippen LogP contribution is -2.33. The standard InChI is InChI=1S/C16H27N3O4/c1-11-13(12(2)23-18-11)10-19(6)14(20)8-7-9-17-15(21)22-16(3,4)5/h7-10H2,1-6H3,(H,17,21). The Kier molecular flexibility index (Phi) is 6.60. The molecule has 1 aromatic heterocycles. The average molecular weight is 325 g/mol. The molecule has 0 spiro atoms. The molecule has 0 fully saturated rings. The van der Waals surface area contributed by atoms with Crippen LogP contribution in [0.5, 0.6) is 0 Å². The third-order valence-corrected chi connectivity index (χ3v) is 3.24. The summed E-state index contributed by atoms with van der Waals surface area (Å²) < 4.78 is 10.2. The first kappa shape index (κ1) is 19.0. The number of carbonyl (C=O) groups excluding carboxylic acids is 2. The van der Waals surface area contributed by atoms with Crippen LogP contribution in [0.1, 0.15) is 50.6 Å². The number of hydrogen-bond acceptors (Lipinski definition) is 5. The molecule has 2 amide bonds. The van der Waals surface area contributed by atoms with E-state index in [4.69, 9.17) is 9.26 Å². The molecule has 0 aliphatic rings. The Labute approximate surface area is 137 Å². The van der Waals surface area contributed by atoms with Crippen LogP contribution in [0.4, 0.5) is 4.79 Å². The first-order chi connectivity index (χ1) is 10.6. The fraction of sp³-hybridized carbons (Fsp3) is 0.688. The topological polar surface area (TPSA) is 84.7 Å². The van der Waals surface area contributed by atoms with E-state index < -0.39 is 11.7 Å². The monoisotopic (exact) mass is 325 g/mol. The number of rotatable bonds is 6. The van der Waals surface area contributed by atoms with Crippen LogP contribution < -0.4 is 5.32 Å². The molecule has 1 aromatic rings. The van der Waals surface area contributed by atoms with Crippen LogP contribution in [-0.4, -0.2) is 41.3 Å². The smallest absolute Gasteiger partial charge is 0.407 e. The summed E-state index contributed by atoms with van der Waals surface area (Å²) in [6.07, 6.45) is 0.452. The van der Waals surface area contributed by atoms with E-state index in [0.29, 0.717) is 25.9 Å². The third kappa shape index (κ3) is 6.71. The summed E-state index contributed by atoms with van der Waals surface area (Å²) in [7, 11) is 1.75. The maximum Gasteiger partial charge on any atom is 0.407 e. The van der Waals surface area contributed by atoms with Gasteiger partial charge >= 0.3 is 6.09 Å². The summed E-state index contributed by atoms with van der Waals surface area (Å²) >= 11 is 0. The lowest BCUT2D eigenvalue weighted by atomic mass is 10.2. The molecule has 0 aliphatic carbocycles. The SMILES string of the molecule is Cc1noc(C)c1CN(C)C(=O)CCCNC(=O)OC(C)(C)C. The first-order valence-electron chi connectivity index (χ1n) is 7.72. The molecule has 0 bridgehead atoms. The molecule has 7 heteroatoms. The van der Waals surface area contributed by atoms with Gasteiger partial charge in [0, 0.05) is 25.6 Å². The van der Waals surface area contributed by atoms with Crippen molar-refractivity contribution in [2.24, 2.45) is 0 Å². The Morgan fingerprint density at radius 1 is 1.30 bits per heavy atom. The van der Waals surface area contributed by atoms with Crippen molar-refractivity contribution >= 4 is 12.0 Å². The maximum atomic E-state index is 12.1. The van der Waals surface area contributed by atoms with E-state index in [1.807, 2.05) is 13.8 Å². The molecule has 0 atom stereocenters. The van der Waals surface area contributed by atoms with Gasteiger partial charge in [-0.15, -0.1) is 0 Å². The number of nitrogens with zero attached hydrogens (tertiary/aromatic N) is 2. The molecule has 0 radical (unpaired) electrons. The normalized spacial score (nSPS) is 11.2. The van der Waals surface area contributed by atoms with Crippen LogP contribution in [0.2, 0.25) is 0 Å². The fourth-order valence-electron chi connectivity index (χ4n) is 1.99. The Morgan fingerprint density at radius 2 is 1.96 bits per heavy atom. The van der Waals surface area contributed by atoms with E-state index >= 15 is 0 Å². The van der Waals surface area contributed by atoms with Crippen molar-refractivity contribution in [1.29, 1.82) is 0 Å². The zero-order valence-corrected chi connectivity index (χ0v) is 14.9. The molecule has 0 unspecified atom stereocenters. The zero-order chi connectivity index (χ0) is 17.6. The Hall–Kier alpha value is -2.05. The van der Waals surface area contributed by atoms with Gasteiger partial charge in [-0.25, -0.2) is 4.79 Å². The Bertz CT molecular complexity index is 527. The van der Waals surface area contributed by atoms with Gasteiger partial charge < -0.3 is 19.5 Å². The van der Waals surface area contributed by atoms with Crippen LogP contribution in [0.25, 0.3) is 0 Å². The molecule has 1 heterocycles. The highest BCUT2D eigenvalue weighted by molar-refractivity contribution is 5.76. The lowest BCUT2D eigenvalue weighted by Gasteiger charge is -2.20. The molecule has 0 aromatic carbocycles. The van der Waals surface area contributed by atoms with Gasteiger partial charge in [-0.1, -0.05) is 5.16 Å². The number of alkyl carbamates (subject to hydrolysis) is 1. The second-order valence-corrected chi connectivity index (χ2v) is 6.58. The van der Waals surface area contributed by atoms with E-state index in [9.17, 15) is 9.59 Å². The second-order valence-electron chi connectivity index (χ2n) is 6.58. The van der Waals surface area contributed by atoms with Gasteiger partial charge in [0.25, 0.3) is 0 Å². The third-order valence-electron chi connectivity index (χ3n) is 3.24.